The highest BCUT2D eigenvalue weighted by Gasteiger charge is 2.27. The predicted octanol–water partition coefficient (Wildman–Crippen LogP) is 4.37. The molecule has 0 spiro atoms. The number of nitrogens with two attached hydrogens (primary N) is 1. The number of carbonyl (C=O) groups excluding carboxylic acids is 1. The lowest BCUT2D eigenvalue weighted by molar-refractivity contribution is 0.0783. The highest BCUT2D eigenvalue weighted by Crippen LogP contribution is 2.28. The summed E-state index contributed by atoms with van der Waals surface area (Å²) >= 11 is 12.5. The van der Waals surface area contributed by atoms with Crippen molar-refractivity contribution in [3.05, 3.63) is 92.7 Å². The lowest BCUT2D eigenvalue weighted by Crippen LogP contribution is -2.52. The quantitative estimate of drug-likeness (QED) is 0.267. The zero-order valence-corrected chi connectivity index (χ0v) is 25.5. The van der Waals surface area contributed by atoms with Crippen LogP contribution in [0, 0.1) is 6.92 Å². The molecule has 0 atom stereocenters. The molecule has 4 aromatic heterocycles. The summed E-state index contributed by atoms with van der Waals surface area (Å²) in [6.07, 6.45) is 5.01. The summed E-state index contributed by atoms with van der Waals surface area (Å²) in [5, 5.41) is 3.46. The van der Waals surface area contributed by atoms with Crippen LogP contribution in [0.5, 0.6) is 0 Å². The van der Waals surface area contributed by atoms with Crippen LogP contribution in [0.4, 0.5) is 17.3 Å². The molecule has 0 unspecified atom stereocenters. The number of benzene rings is 1. The van der Waals surface area contributed by atoms with Crippen LogP contribution in [0.15, 0.2) is 65.8 Å². The Balaban J connectivity index is 1.21. The van der Waals surface area contributed by atoms with E-state index in [1.165, 1.54) is 10.9 Å². The second-order valence-electron chi connectivity index (χ2n) is 10.2. The molecule has 0 saturated carbocycles. The first kappa shape index (κ1) is 29.3. The molecule has 1 aliphatic heterocycles. The molecule has 5 aromatic rings. The van der Waals surface area contributed by atoms with Gasteiger partial charge in [0.15, 0.2) is 5.82 Å². The molecule has 3 N–H and O–H groups in total. The number of nitrogens with zero attached hydrogens (tertiary/aromatic N) is 7. The third-order valence-electron chi connectivity index (χ3n) is 7.53. The van der Waals surface area contributed by atoms with Crippen LogP contribution >= 0.6 is 23.2 Å². The molecule has 1 amide bonds. The van der Waals surface area contributed by atoms with Gasteiger partial charge in [0.25, 0.3) is 11.5 Å². The van der Waals surface area contributed by atoms with Gasteiger partial charge in [0.1, 0.15) is 17.1 Å². The molecular formula is C30H27Cl2N9O3. The van der Waals surface area contributed by atoms with Crippen molar-refractivity contribution in [2.45, 2.75) is 13.0 Å². The van der Waals surface area contributed by atoms with Crippen LogP contribution < -0.4 is 21.5 Å². The first-order chi connectivity index (χ1) is 21.1. The van der Waals surface area contributed by atoms with Crippen LogP contribution in [0.3, 0.4) is 0 Å². The number of ether oxygens (including phenoxy) is 1. The second-order valence-corrected chi connectivity index (χ2v) is 11.1. The van der Waals surface area contributed by atoms with Crippen molar-refractivity contribution in [1.29, 1.82) is 0 Å². The van der Waals surface area contributed by atoms with E-state index in [0.29, 0.717) is 44.2 Å². The van der Waals surface area contributed by atoms with E-state index < -0.39 is 11.5 Å². The Morgan fingerprint density at radius 2 is 1.82 bits per heavy atom. The fourth-order valence-electron chi connectivity index (χ4n) is 4.92. The minimum Gasteiger partial charge on any atom is -0.382 e. The van der Waals surface area contributed by atoms with Crippen molar-refractivity contribution >= 4 is 46.4 Å². The maximum absolute atomic E-state index is 13.4. The maximum Gasteiger partial charge on any atom is 0.284 e. The lowest BCUT2D eigenvalue weighted by Gasteiger charge is -2.38. The number of amides is 1. The molecule has 1 aromatic carbocycles. The fourth-order valence-corrected chi connectivity index (χ4v) is 5.28. The van der Waals surface area contributed by atoms with Crippen LogP contribution in [0.25, 0.3) is 28.3 Å². The van der Waals surface area contributed by atoms with Crippen molar-refractivity contribution < 1.29 is 9.53 Å². The minimum absolute atomic E-state index is 0.0392. The Morgan fingerprint density at radius 3 is 2.50 bits per heavy atom. The topological polar surface area (TPSA) is 146 Å². The van der Waals surface area contributed by atoms with Gasteiger partial charge >= 0.3 is 0 Å². The molecule has 1 aliphatic rings. The number of rotatable bonds is 7. The molecule has 14 heteroatoms. The van der Waals surface area contributed by atoms with E-state index in [1.807, 2.05) is 12.1 Å². The highest BCUT2D eigenvalue weighted by molar-refractivity contribution is 6.34. The zero-order valence-electron chi connectivity index (χ0n) is 24.0. The van der Waals surface area contributed by atoms with Gasteiger partial charge < -0.3 is 20.7 Å². The number of nitrogen functional groups attached to an aromatic ring is 1. The van der Waals surface area contributed by atoms with Gasteiger partial charge in [-0.15, -0.1) is 0 Å². The van der Waals surface area contributed by atoms with E-state index in [0.717, 1.165) is 24.5 Å². The van der Waals surface area contributed by atoms with Crippen LogP contribution in [0.1, 0.15) is 16.1 Å². The number of hydrogen-bond donors (Lipinski definition) is 2. The Kier molecular flexibility index (Phi) is 7.80. The molecule has 0 bridgehead atoms. The van der Waals surface area contributed by atoms with Crippen molar-refractivity contribution in [3.8, 4) is 28.3 Å². The third-order valence-corrected chi connectivity index (χ3v) is 8.09. The number of carbonyl (C=O) groups is 1. The number of hydrogen-bond acceptors (Lipinski definition) is 9. The summed E-state index contributed by atoms with van der Waals surface area (Å²) in [5.74, 6) is 0.472. The van der Waals surface area contributed by atoms with E-state index in [9.17, 15) is 9.59 Å². The summed E-state index contributed by atoms with van der Waals surface area (Å²) in [6, 6.07) is 11.9. The molecule has 1 fully saturated rings. The SMILES string of the molecule is COC1CN(c2ccc(-c3cnc(N)c(-c4ccc(NC(=O)c5c(C)n(C)n(-c6cc(Cl)ccc6Cl)c5=O)cn4)n3)cn2)C1. The monoisotopic (exact) mass is 631 g/mol. The van der Waals surface area contributed by atoms with Crippen molar-refractivity contribution in [1.82, 2.24) is 29.3 Å². The van der Waals surface area contributed by atoms with Crippen LogP contribution in [0.2, 0.25) is 10.0 Å². The van der Waals surface area contributed by atoms with Gasteiger partial charge in [0.05, 0.1) is 52.0 Å². The number of anilines is 3. The van der Waals surface area contributed by atoms with Gasteiger partial charge in [-0.3, -0.25) is 19.3 Å². The highest BCUT2D eigenvalue weighted by atomic mass is 35.5. The summed E-state index contributed by atoms with van der Waals surface area (Å²) in [5.41, 5.74) is 8.96. The van der Waals surface area contributed by atoms with Crippen molar-refractivity contribution in [3.63, 3.8) is 0 Å². The molecule has 44 heavy (non-hydrogen) atoms. The van der Waals surface area contributed by atoms with Crippen LogP contribution in [-0.2, 0) is 11.8 Å². The Hall–Kier alpha value is -4.78. The van der Waals surface area contributed by atoms with E-state index >= 15 is 0 Å². The van der Waals surface area contributed by atoms with E-state index in [2.05, 4.69) is 30.2 Å². The standard InChI is InChI=1S/C30H27Cl2N9O3/c1-16-26(30(43)41(39(16)2)24-10-18(31)5-7-21(24)32)29(42)37-19-6-8-22(34-12-19)27-28(33)36-13-23(38-27)17-4-9-25(35-11-17)40-14-20(15-40)44-3/h4-13,20H,14-15H2,1-3H3,(H2,33,36)(H,37,42). The van der Waals surface area contributed by atoms with E-state index in [4.69, 9.17) is 33.7 Å². The fraction of sp³-hybridized carbons (Fsp3) is 0.200. The van der Waals surface area contributed by atoms with Gasteiger partial charge in [0, 0.05) is 44.0 Å². The number of methoxy groups -OCH3 is 1. The van der Waals surface area contributed by atoms with Crippen LogP contribution in [-0.4, -0.2) is 61.5 Å². The Labute approximate surface area is 262 Å². The summed E-state index contributed by atoms with van der Waals surface area (Å²) in [4.78, 5) is 46.7. The molecule has 224 valence electrons. The summed E-state index contributed by atoms with van der Waals surface area (Å²) in [7, 11) is 3.37. The van der Waals surface area contributed by atoms with Gasteiger partial charge in [-0.05, 0) is 49.4 Å². The third kappa shape index (κ3) is 5.39. The molecule has 0 aliphatic carbocycles. The molecule has 6 rings (SSSR count). The molecular weight excluding hydrogens is 605 g/mol. The largest absolute Gasteiger partial charge is 0.382 e. The number of halogens is 2. The van der Waals surface area contributed by atoms with Crippen molar-refractivity contribution in [2.24, 2.45) is 7.05 Å². The second kappa shape index (κ2) is 11.7. The normalized spacial score (nSPS) is 13.2. The maximum atomic E-state index is 13.4. The summed E-state index contributed by atoms with van der Waals surface area (Å²) in [6.45, 7) is 3.28. The molecule has 0 radical (unpaired) electrons. The Morgan fingerprint density at radius 1 is 1.02 bits per heavy atom. The predicted molar refractivity (Wildman–Crippen MR) is 170 cm³/mol. The number of nitrogens with one attached hydrogen (secondary N) is 1. The average Bonchev–Trinajstić information content (AvgIpc) is 3.22. The molecule has 5 heterocycles. The average molecular weight is 633 g/mol. The zero-order chi connectivity index (χ0) is 31.1. The van der Waals surface area contributed by atoms with Crippen molar-refractivity contribution in [2.75, 3.05) is 36.1 Å². The summed E-state index contributed by atoms with van der Waals surface area (Å²) < 4.78 is 8.19. The number of pyridine rings is 2. The number of aromatic nitrogens is 6. The van der Waals surface area contributed by atoms with Gasteiger partial charge in [-0.2, -0.15) is 0 Å². The van der Waals surface area contributed by atoms with E-state index in [1.54, 1.807) is 68.5 Å². The first-order valence-electron chi connectivity index (χ1n) is 13.5. The van der Waals surface area contributed by atoms with Gasteiger partial charge in [0.2, 0.25) is 0 Å². The van der Waals surface area contributed by atoms with Gasteiger partial charge in [-0.1, -0.05) is 23.2 Å². The lowest BCUT2D eigenvalue weighted by atomic mass is 10.1. The van der Waals surface area contributed by atoms with E-state index in [-0.39, 0.29) is 17.5 Å². The smallest absolute Gasteiger partial charge is 0.284 e. The molecule has 12 nitrogen and oxygen atoms in total. The first-order valence-corrected chi connectivity index (χ1v) is 14.3. The minimum atomic E-state index is -0.595. The molecule has 1 saturated heterocycles. The van der Waals surface area contributed by atoms with Gasteiger partial charge in [-0.25, -0.2) is 19.6 Å². The Bertz CT molecular complexity index is 1930.